The summed E-state index contributed by atoms with van der Waals surface area (Å²) in [6.07, 6.45) is 1.49. The third-order valence-corrected chi connectivity index (χ3v) is 2.06. The van der Waals surface area contributed by atoms with Crippen LogP contribution >= 0.6 is 0 Å². The van der Waals surface area contributed by atoms with Gasteiger partial charge in [-0.25, -0.2) is 0 Å². The highest BCUT2D eigenvalue weighted by molar-refractivity contribution is 5.39. The van der Waals surface area contributed by atoms with Crippen LogP contribution < -0.4 is 9.47 Å². The van der Waals surface area contributed by atoms with Crippen molar-refractivity contribution < 1.29 is 19.1 Å². The Bertz CT molecular complexity index is 442. The van der Waals surface area contributed by atoms with E-state index in [1.54, 1.807) is 18.2 Å². The first-order valence-electron chi connectivity index (χ1n) is 5.25. The maximum absolute atomic E-state index is 8.71. The van der Waals surface area contributed by atoms with E-state index in [2.05, 4.69) is 5.16 Å². The van der Waals surface area contributed by atoms with E-state index in [1.165, 1.54) is 6.26 Å². The monoisotopic (exact) mass is 235 g/mol. The summed E-state index contributed by atoms with van der Waals surface area (Å²) in [4.78, 5) is 0. The van der Waals surface area contributed by atoms with Crippen molar-refractivity contribution in [1.82, 2.24) is 5.16 Å². The minimum Gasteiger partial charge on any atom is -0.487 e. The molecule has 0 saturated heterocycles. The zero-order chi connectivity index (χ0) is 11.9. The number of hydrogen-bond acceptors (Lipinski definition) is 5. The number of hydrogen-bond donors (Lipinski definition) is 1. The minimum absolute atomic E-state index is 0.0301. The second-order valence-corrected chi connectivity index (χ2v) is 3.30. The lowest BCUT2D eigenvalue weighted by Crippen LogP contribution is -2.04. The Kier molecular flexibility index (Phi) is 3.99. The molecule has 90 valence electrons. The Hall–Kier alpha value is -2.01. The molecule has 17 heavy (non-hydrogen) atoms. The van der Waals surface area contributed by atoms with Crippen molar-refractivity contribution in [2.24, 2.45) is 0 Å². The van der Waals surface area contributed by atoms with Gasteiger partial charge in [-0.05, 0) is 12.1 Å². The number of para-hydroxylation sites is 2. The number of benzene rings is 1. The molecule has 0 spiro atoms. The molecule has 0 unspecified atom stereocenters. The molecule has 0 bridgehead atoms. The van der Waals surface area contributed by atoms with E-state index >= 15 is 0 Å². The standard InChI is InChI=1S/C12H13NO4/c14-6-8-15-11-3-1-2-4-12(11)16-9-10-5-7-17-13-10/h1-5,7,14H,6,8-9H2. The average Bonchev–Trinajstić information content (AvgIpc) is 2.88. The van der Waals surface area contributed by atoms with Crippen LogP contribution in [-0.2, 0) is 6.61 Å². The first-order chi connectivity index (χ1) is 8.40. The lowest BCUT2D eigenvalue weighted by atomic mass is 10.3. The zero-order valence-electron chi connectivity index (χ0n) is 9.20. The molecular formula is C12H13NO4. The molecule has 0 atom stereocenters. The molecule has 0 radical (unpaired) electrons. The smallest absolute Gasteiger partial charge is 0.161 e. The van der Waals surface area contributed by atoms with Gasteiger partial charge >= 0.3 is 0 Å². The normalized spacial score (nSPS) is 10.2. The summed E-state index contributed by atoms with van der Waals surface area (Å²) in [5, 5.41) is 12.5. The number of nitrogens with zero attached hydrogens (tertiary/aromatic N) is 1. The fourth-order valence-corrected chi connectivity index (χ4v) is 1.31. The van der Waals surface area contributed by atoms with E-state index in [4.69, 9.17) is 19.1 Å². The number of aromatic nitrogens is 1. The van der Waals surface area contributed by atoms with Crippen molar-refractivity contribution in [1.29, 1.82) is 0 Å². The maximum Gasteiger partial charge on any atom is 0.161 e. The van der Waals surface area contributed by atoms with Gasteiger partial charge in [0, 0.05) is 6.07 Å². The van der Waals surface area contributed by atoms with Crippen LogP contribution in [0.5, 0.6) is 11.5 Å². The molecule has 1 aromatic heterocycles. The zero-order valence-corrected chi connectivity index (χ0v) is 9.20. The Balaban J connectivity index is 1.99. The van der Waals surface area contributed by atoms with Gasteiger partial charge in [0.25, 0.3) is 0 Å². The van der Waals surface area contributed by atoms with Gasteiger partial charge < -0.3 is 19.1 Å². The van der Waals surface area contributed by atoms with Crippen molar-refractivity contribution in [3.8, 4) is 11.5 Å². The van der Waals surface area contributed by atoms with Gasteiger partial charge in [0.1, 0.15) is 25.2 Å². The summed E-state index contributed by atoms with van der Waals surface area (Å²) < 4.78 is 15.6. The second kappa shape index (κ2) is 5.91. The van der Waals surface area contributed by atoms with Crippen molar-refractivity contribution in [3.05, 3.63) is 42.3 Å². The molecule has 5 nitrogen and oxygen atoms in total. The summed E-state index contributed by atoms with van der Waals surface area (Å²) in [6.45, 7) is 0.526. The largest absolute Gasteiger partial charge is 0.487 e. The Morgan fingerprint density at radius 1 is 1.12 bits per heavy atom. The predicted octanol–water partition coefficient (Wildman–Crippen LogP) is 1.62. The van der Waals surface area contributed by atoms with E-state index in [0.29, 0.717) is 23.8 Å². The summed E-state index contributed by atoms with van der Waals surface area (Å²) in [5.41, 5.74) is 0.710. The molecule has 0 saturated carbocycles. The third-order valence-electron chi connectivity index (χ3n) is 2.06. The summed E-state index contributed by atoms with van der Waals surface area (Å²) in [7, 11) is 0. The van der Waals surface area contributed by atoms with Gasteiger partial charge in [0.05, 0.1) is 6.61 Å². The molecule has 2 aromatic rings. The van der Waals surface area contributed by atoms with Crippen LogP contribution in [-0.4, -0.2) is 23.5 Å². The van der Waals surface area contributed by atoms with E-state index in [-0.39, 0.29) is 13.2 Å². The summed E-state index contributed by atoms with van der Waals surface area (Å²) in [6, 6.07) is 9.01. The van der Waals surface area contributed by atoms with Crippen molar-refractivity contribution in [2.75, 3.05) is 13.2 Å². The Morgan fingerprint density at radius 3 is 2.53 bits per heavy atom. The predicted molar refractivity (Wildman–Crippen MR) is 59.9 cm³/mol. The second-order valence-electron chi connectivity index (χ2n) is 3.30. The number of aliphatic hydroxyl groups is 1. The van der Waals surface area contributed by atoms with Crippen LogP contribution in [0.4, 0.5) is 0 Å². The fraction of sp³-hybridized carbons (Fsp3) is 0.250. The summed E-state index contributed by atoms with van der Waals surface area (Å²) in [5.74, 6) is 1.22. The Labute approximate surface area is 98.6 Å². The summed E-state index contributed by atoms with van der Waals surface area (Å²) >= 11 is 0. The van der Waals surface area contributed by atoms with E-state index in [9.17, 15) is 0 Å². The topological polar surface area (TPSA) is 64.7 Å². The third kappa shape index (κ3) is 3.22. The SMILES string of the molecule is OCCOc1ccccc1OCc1ccon1. The van der Waals surface area contributed by atoms with Gasteiger partial charge in [-0.15, -0.1) is 0 Å². The number of aliphatic hydroxyl groups excluding tert-OH is 1. The van der Waals surface area contributed by atoms with Gasteiger partial charge in [-0.3, -0.25) is 0 Å². The molecule has 0 amide bonds. The molecule has 0 fully saturated rings. The molecule has 1 N–H and O–H groups in total. The molecular weight excluding hydrogens is 222 g/mol. The van der Waals surface area contributed by atoms with Crippen LogP contribution in [0.2, 0.25) is 0 Å². The van der Waals surface area contributed by atoms with Gasteiger partial charge in [-0.2, -0.15) is 0 Å². The van der Waals surface area contributed by atoms with E-state index < -0.39 is 0 Å². The molecule has 5 heteroatoms. The minimum atomic E-state index is -0.0301. The van der Waals surface area contributed by atoms with Crippen molar-refractivity contribution in [2.45, 2.75) is 6.61 Å². The van der Waals surface area contributed by atoms with Crippen molar-refractivity contribution >= 4 is 0 Å². The highest BCUT2D eigenvalue weighted by Gasteiger charge is 2.05. The maximum atomic E-state index is 8.71. The van der Waals surface area contributed by atoms with Crippen LogP contribution in [0.3, 0.4) is 0 Å². The lowest BCUT2D eigenvalue weighted by Gasteiger charge is -2.10. The van der Waals surface area contributed by atoms with Gasteiger partial charge in [0.2, 0.25) is 0 Å². The first kappa shape index (κ1) is 11.5. The average molecular weight is 235 g/mol. The molecule has 1 aromatic carbocycles. The highest BCUT2D eigenvalue weighted by atomic mass is 16.5. The molecule has 1 heterocycles. The lowest BCUT2D eigenvalue weighted by molar-refractivity contribution is 0.191. The Morgan fingerprint density at radius 2 is 1.88 bits per heavy atom. The molecule has 2 rings (SSSR count). The quantitative estimate of drug-likeness (QED) is 0.824. The first-order valence-corrected chi connectivity index (χ1v) is 5.25. The number of rotatable bonds is 6. The molecule has 0 aliphatic heterocycles. The highest BCUT2D eigenvalue weighted by Crippen LogP contribution is 2.26. The van der Waals surface area contributed by atoms with Crippen LogP contribution in [0.1, 0.15) is 5.69 Å². The van der Waals surface area contributed by atoms with Crippen molar-refractivity contribution in [3.63, 3.8) is 0 Å². The number of ether oxygens (including phenoxy) is 2. The van der Waals surface area contributed by atoms with Crippen LogP contribution in [0, 0.1) is 0 Å². The van der Waals surface area contributed by atoms with Crippen LogP contribution in [0.25, 0.3) is 0 Å². The van der Waals surface area contributed by atoms with Gasteiger partial charge in [0.15, 0.2) is 11.5 Å². The molecule has 0 aliphatic rings. The van der Waals surface area contributed by atoms with E-state index in [0.717, 1.165) is 0 Å². The van der Waals surface area contributed by atoms with Crippen LogP contribution in [0.15, 0.2) is 41.1 Å². The van der Waals surface area contributed by atoms with Gasteiger partial charge in [-0.1, -0.05) is 17.3 Å². The van der Waals surface area contributed by atoms with E-state index in [1.807, 2.05) is 12.1 Å². The fourth-order valence-electron chi connectivity index (χ4n) is 1.31. The molecule has 0 aliphatic carbocycles.